The Labute approximate surface area is 112 Å². The Morgan fingerprint density at radius 3 is 2.63 bits per heavy atom. The van der Waals surface area contributed by atoms with Crippen molar-refractivity contribution in [1.29, 1.82) is 0 Å². The number of nitrogens with zero attached hydrogens (tertiary/aromatic N) is 1. The molecule has 108 valence electrons. The first-order chi connectivity index (χ1) is 8.86. The van der Waals surface area contributed by atoms with Crippen molar-refractivity contribution in [3.8, 4) is 0 Å². The molecule has 0 bridgehead atoms. The van der Waals surface area contributed by atoms with Gasteiger partial charge < -0.3 is 20.5 Å². The van der Waals surface area contributed by atoms with Gasteiger partial charge in [0.05, 0.1) is 24.5 Å². The predicted octanol–water partition coefficient (Wildman–Crippen LogP) is 0.0619. The lowest BCUT2D eigenvalue weighted by Gasteiger charge is -2.41. The average molecular weight is 270 g/mol. The van der Waals surface area contributed by atoms with E-state index in [1.807, 2.05) is 13.8 Å². The summed E-state index contributed by atoms with van der Waals surface area (Å²) in [6.45, 7) is 4.97. The summed E-state index contributed by atoms with van der Waals surface area (Å²) in [5.74, 6) is -1.12. The highest BCUT2D eigenvalue weighted by atomic mass is 16.5. The summed E-state index contributed by atoms with van der Waals surface area (Å²) < 4.78 is 5.31. The summed E-state index contributed by atoms with van der Waals surface area (Å²) in [5, 5.41) is 9.04. The average Bonchev–Trinajstić information content (AvgIpc) is 2.70. The molecule has 0 radical (unpaired) electrons. The zero-order valence-corrected chi connectivity index (χ0v) is 11.5. The van der Waals surface area contributed by atoms with E-state index in [4.69, 9.17) is 15.6 Å². The van der Waals surface area contributed by atoms with Gasteiger partial charge in [0.15, 0.2) is 0 Å². The van der Waals surface area contributed by atoms with Gasteiger partial charge in [-0.2, -0.15) is 0 Å². The van der Waals surface area contributed by atoms with Crippen LogP contribution in [0.2, 0.25) is 0 Å². The van der Waals surface area contributed by atoms with E-state index in [1.165, 1.54) is 0 Å². The Bertz CT molecular complexity index is 387. The molecule has 2 aliphatic rings. The predicted molar refractivity (Wildman–Crippen MR) is 68.4 cm³/mol. The van der Waals surface area contributed by atoms with E-state index >= 15 is 0 Å². The van der Waals surface area contributed by atoms with Crippen LogP contribution in [0.1, 0.15) is 26.7 Å². The van der Waals surface area contributed by atoms with Crippen LogP contribution in [0.15, 0.2) is 0 Å². The Hall–Kier alpha value is -1.14. The van der Waals surface area contributed by atoms with Gasteiger partial charge in [0.25, 0.3) is 0 Å². The van der Waals surface area contributed by atoms with Gasteiger partial charge >= 0.3 is 5.97 Å². The number of likely N-dealkylation sites (tertiary alicyclic amines) is 1. The normalized spacial score (nSPS) is 39.3. The standard InChI is InChI=1S/C13H22N2O4/c1-8-5-9(11(16)17)3-4-15(8)12(18)13(2)7-19-6-10(13)14/h8-10H,3-7,14H2,1-2H3,(H,16,17). The molecule has 3 N–H and O–H groups in total. The van der Waals surface area contributed by atoms with Gasteiger partial charge in [0, 0.05) is 18.6 Å². The van der Waals surface area contributed by atoms with E-state index in [2.05, 4.69) is 0 Å². The van der Waals surface area contributed by atoms with Crippen LogP contribution in [0.25, 0.3) is 0 Å². The lowest BCUT2D eigenvalue weighted by Crippen LogP contribution is -2.56. The molecule has 0 spiro atoms. The van der Waals surface area contributed by atoms with Gasteiger partial charge in [-0.05, 0) is 26.7 Å². The molecule has 19 heavy (non-hydrogen) atoms. The minimum Gasteiger partial charge on any atom is -0.481 e. The second-order valence-corrected chi connectivity index (χ2v) is 5.95. The lowest BCUT2D eigenvalue weighted by molar-refractivity contribution is -0.152. The van der Waals surface area contributed by atoms with Gasteiger partial charge in [-0.15, -0.1) is 0 Å². The molecular formula is C13H22N2O4. The summed E-state index contributed by atoms with van der Waals surface area (Å²) in [6.07, 6.45) is 1.02. The van der Waals surface area contributed by atoms with Crippen molar-refractivity contribution in [3.05, 3.63) is 0 Å². The third-order valence-electron chi connectivity index (χ3n) is 4.49. The Morgan fingerprint density at radius 1 is 1.47 bits per heavy atom. The Kier molecular flexibility index (Phi) is 3.82. The molecule has 2 fully saturated rings. The molecule has 0 aliphatic carbocycles. The second kappa shape index (κ2) is 5.09. The van der Waals surface area contributed by atoms with Crippen LogP contribution in [0, 0.1) is 11.3 Å². The van der Waals surface area contributed by atoms with Crippen molar-refractivity contribution in [2.45, 2.75) is 38.8 Å². The number of hydrogen-bond acceptors (Lipinski definition) is 4. The van der Waals surface area contributed by atoms with Crippen molar-refractivity contribution in [3.63, 3.8) is 0 Å². The molecule has 0 saturated carbocycles. The molecule has 0 aromatic rings. The van der Waals surface area contributed by atoms with Gasteiger partial charge in [0.2, 0.25) is 5.91 Å². The fraction of sp³-hybridized carbons (Fsp3) is 0.846. The monoisotopic (exact) mass is 270 g/mol. The summed E-state index contributed by atoms with van der Waals surface area (Å²) >= 11 is 0. The van der Waals surface area contributed by atoms with Crippen molar-refractivity contribution in [2.75, 3.05) is 19.8 Å². The topological polar surface area (TPSA) is 92.9 Å². The fourth-order valence-electron chi connectivity index (χ4n) is 2.94. The van der Waals surface area contributed by atoms with Crippen LogP contribution in [0.3, 0.4) is 0 Å². The van der Waals surface area contributed by atoms with Crippen LogP contribution in [0.5, 0.6) is 0 Å². The molecule has 4 atom stereocenters. The number of hydrogen-bond donors (Lipinski definition) is 2. The number of aliphatic carboxylic acids is 1. The summed E-state index contributed by atoms with van der Waals surface area (Å²) in [4.78, 5) is 25.4. The molecule has 4 unspecified atom stereocenters. The molecule has 0 aromatic heterocycles. The third kappa shape index (κ3) is 2.47. The van der Waals surface area contributed by atoms with Crippen LogP contribution in [0.4, 0.5) is 0 Å². The molecular weight excluding hydrogens is 248 g/mol. The quantitative estimate of drug-likeness (QED) is 0.740. The van der Waals surface area contributed by atoms with Crippen LogP contribution < -0.4 is 5.73 Å². The highest BCUT2D eigenvalue weighted by Crippen LogP contribution is 2.33. The van der Waals surface area contributed by atoms with Crippen molar-refractivity contribution < 1.29 is 19.4 Å². The van der Waals surface area contributed by atoms with E-state index in [9.17, 15) is 9.59 Å². The van der Waals surface area contributed by atoms with E-state index in [-0.39, 0.29) is 23.9 Å². The van der Waals surface area contributed by atoms with Crippen LogP contribution in [-0.4, -0.2) is 53.7 Å². The number of amides is 1. The fourth-order valence-corrected chi connectivity index (χ4v) is 2.94. The molecule has 2 saturated heterocycles. The zero-order valence-electron chi connectivity index (χ0n) is 11.5. The Morgan fingerprint density at radius 2 is 2.16 bits per heavy atom. The van der Waals surface area contributed by atoms with Crippen molar-refractivity contribution >= 4 is 11.9 Å². The van der Waals surface area contributed by atoms with Gasteiger partial charge in [-0.1, -0.05) is 0 Å². The highest BCUT2D eigenvalue weighted by molar-refractivity contribution is 5.84. The molecule has 1 amide bonds. The minimum absolute atomic E-state index is 0.00570. The maximum Gasteiger partial charge on any atom is 0.306 e. The molecule has 6 heteroatoms. The molecule has 2 heterocycles. The summed E-state index contributed by atoms with van der Waals surface area (Å²) in [6, 6.07) is -0.351. The number of carboxylic acid groups (broad SMARTS) is 1. The van der Waals surface area contributed by atoms with Crippen LogP contribution >= 0.6 is 0 Å². The van der Waals surface area contributed by atoms with Crippen molar-refractivity contribution in [1.82, 2.24) is 4.90 Å². The number of carbonyl (C=O) groups excluding carboxylic acids is 1. The minimum atomic E-state index is -0.772. The SMILES string of the molecule is CC1CC(C(=O)O)CCN1C(=O)C1(C)COCC1N. The second-order valence-electron chi connectivity index (χ2n) is 5.95. The van der Waals surface area contributed by atoms with Gasteiger partial charge in [-0.25, -0.2) is 0 Å². The molecule has 2 aliphatic heterocycles. The van der Waals surface area contributed by atoms with E-state index in [1.54, 1.807) is 4.90 Å². The first-order valence-electron chi connectivity index (χ1n) is 6.73. The van der Waals surface area contributed by atoms with Gasteiger partial charge in [0.1, 0.15) is 0 Å². The maximum absolute atomic E-state index is 12.6. The van der Waals surface area contributed by atoms with Crippen LogP contribution in [-0.2, 0) is 14.3 Å². The van der Waals surface area contributed by atoms with E-state index < -0.39 is 11.4 Å². The molecule has 2 rings (SSSR count). The Balaban J connectivity index is 2.07. The van der Waals surface area contributed by atoms with E-state index in [0.29, 0.717) is 32.6 Å². The molecule has 0 aromatic carbocycles. The molecule has 6 nitrogen and oxygen atoms in total. The number of carboxylic acids is 1. The van der Waals surface area contributed by atoms with E-state index in [0.717, 1.165) is 0 Å². The lowest BCUT2D eigenvalue weighted by atomic mass is 9.82. The van der Waals surface area contributed by atoms with Crippen molar-refractivity contribution in [2.24, 2.45) is 17.1 Å². The summed E-state index contributed by atoms with van der Waals surface area (Å²) in [5.41, 5.74) is 5.30. The maximum atomic E-state index is 12.6. The van der Waals surface area contributed by atoms with Gasteiger partial charge in [-0.3, -0.25) is 9.59 Å². The summed E-state index contributed by atoms with van der Waals surface area (Å²) in [7, 11) is 0. The first-order valence-corrected chi connectivity index (χ1v) is 6.73. The number of nitrogens with two attached hydrogens (primary N) is 1. The number of rotatable bonds is 2. The third-order valence-corrected chi connectivity index (χ3v) is 4.49. The number of ether oxygens (including phenoxy) is 1. The number of piperidine rings is 1. The number of carbonyl (C=O) groups is 2. The smallest absolute Gasteiger partial charge is 0.306 e. The zero-order chi connectivity index (χ0) is 14.2. The highest BCUT2D eigenvalue weighted by Gasteiger charge is 2.48. The largest absolute Gasteiger partial charge is 0.481 e. The first kappa shape index (κ1) is 14.3.